The molecule has 0 unspecified atom stereocenters. The zero-order valence-electron chi connectivity index (χ0n) is 13.3. The van der Waals surface area contributed by atoms with Gasteiger partial charge in [-0.05, 0) is 19.8 Å². The number of piperidine rings is 1. The third kappa shape index (κ3) is 2.61. The Kier molecular flexibility index (Phi) is 3.92. The first-order valence-corrected chi connectivity index (χ1v) is 7.63. The zero-order valence-corrected chi connectivity index (χ0v) is 13.3. The Balaban J connectivity index is 1.90. The van der Waals surface area contributed by atoms with Gasteiger partial charge in [0.15, 0.2) is 0 Å². The van der Waals surface area contributed by atoms with Gasteiger partial charge in [0.25, 0.3) is 0 Å². The second-order valence-corrected chi connectivity index (χ2v) is 5.82. The number of hydrogen-bond donors (Lipinski definition) is 0. The molecule has 22 heavy (non-hydrogen) atoms. The number of carbonyl (C=O) groups excluding carboxylic acids is 1. The molecule has 3 heterocycles. The third-order valence-corrected chi connectivity index (χ3v) is 4.52. The molecule has 0 radical (unpaired) electrons. The van der Waals surface area contributed by atoms with Crippen LogP contribution in [0.25, 0.3) is 11.4 Å². The van der Waals surface area contributed by atoms with Crippen LogP contribution in [-0.4, -0.2) is 43.4 Å². The van der Waals surface area contributed by atoms with E-state index < -0.39 is 0 Å². The van der Waals surface area contributed by atoms with Crippen LogP contribution in [0, 0.1) is 6.92 Å². The van der Waals surface area contributed by atoms with E-state index in [9.17, 15) is 4.79 Å². The average molecular weight is 299 g/mol. The minimum atomic E-state index is 0.153. The summed E-state index contributed by atoms with van der Waals surface area (Å²) in [7, 11) is 1.99. The van der Waals surface area contributed by atoms with Crippen molar-refractivity contribution in [2.45, 2.75) is 32.6 Å². The summed E-state index contributed by atoms with van der Waals surface area (Å²) in [5.41, 5.74) is 2.93. The first-order chi connectivity index (χ1) is 10.6. The number of amides is 1. The van der Waals surface area contributed by atoms with Crippen molar-refractivity contribution in [3.05, 3.63) is 30.1 Å². The van der Waals surface area contributed by atoms with Crippen molar-refractivity contribution in [2.24, 2.45) is 7.05 Å². The lowest BCUT2D eigenvalue weighted by Crippen LogP contribution is -2.36. The van der Waals surface area contributed by atoms with Gasteiger partial charge >= 0.3 is 0 Å². The number of nitrogens with zero attached hydrogens (tertiary/aromatic N) is 5. The van der Waals surface area contributed by atoms with Gasteiger partial charge in [-0.25, -0.2) is 4.98 Å². The Morgan fingerprint density at radius 3 is 2.45 bits per heavy atom. The molecular weight excluding hydrogens is 278 g/mol. The Bertz CT molecular complexity index is 686. The fourth-order valence-electron chi connectivity index (χ4n) is 3.03. The van der Waals surface area contributed by atoms with E-state index in [0.717, 1.165) is 48.8 Å². The van der Waals surface area contributed by atoms with Crippen LogP contribution >= 0.6 is 0 Å². The standard InChI is InChI=1S/C16H21N5O/c1-11-19-10-14(20(11)3)16-15(17-6-7-18-16)13-4-8-21(9-5-13)12(2)22/h6-7,10,13H,4-5,8-9H2,1-3H3. The monoisotopic (exact) mass is 299 g/mol. The summed E-state index contributed by atoms with van der Waals surface area (Å²) in [6.45, 7) is 5.19. The maximum atomic E-state index is 11.5. The van der Waals surface area contributed by atoms with Crippen molar-refractivity contribution in [2.75, 3.05) is 13.1 Å². The second kappa shape index (κ2) is 5.87. The number of rotatable bonds is 2. The van der Waals surface area contributed by atoms with E-state index in [1.54, 1.807) is 19.3 Å². The predicted molar refractivity (Wildman–Crippen MR) is 83.2 cm³/mol. The first kappa shape index (κ1) is 14.7. The molecule has 0 bridgehead atoms. The molecule has 1 saturated heterocycles. The number of imidazole rings is 1. The molecule has 0 saturated carbocycles. The molecule has 0 aliphatic carbocycles. The van der Waals surface area contributed by atoms with Crippen molar-refractivity contribution in [3.63, 3.8) is 0 Å². The Morgan fingerprint density at radius 1 is 1.18 bits per heavy atom. The lowest BCUT2D eigenvalue weighted by atomic mass is 9.91. The van der Waals surface area contributed by atoms with Crippen LogP contribution < -0.4 is 0 Å². The molecule has 6 heteroatoms. The number of aryl methyl sites for hydroxylation is 1. The smallest absolute Gasteiger partial charge is 0.219 e. The fraction of sp³-hybridized carbons (Fsp3) is 0.500. The van der Waals surface area contributed by atoms with Gasteiger partial charge in [-0.15, -0.1) is 0 Å². The van der Waals surface area contributed by atoms with Crippen molar-refractivity contribution >= 4 is 5.91 Å². The molecule has 3 rings (SSSR count). The summed E-state index contributed by atoms with van der Waals surface area (Å²) in [6, 6.07) is 0. The van der Waals surface area contributed by atoms with E-state index in [4.69, 9.17) is 0 Å². The minimum Gasteiger partial charge on any atom is -0.343 e. The first-order valence-electron chi connectivity index (χ1n) is 7.63. The molecule has 0 N–H and O–H groups in total. The molecule has 1 aliphatic rings. The highest BCUT2D eigenvalue weighted by atomic mass is 16.2. The van der Waals surface area contributed by atoms with E-state index in [1.807, 2.05) is 29.6 Å². The SMILES string of the molecule is CC(=O)N1CCC(c2nccnc2-c2cnc(C)n2C)CC1. The van der Waals surface area contributed by atoms with Crippen LogP contribution in [0.3, 0.4) is 0 Å². The molecule has 0 atom stereocenters. The van der Waals surface area contributed by atoms with E-state index in [-0.39, 0.29) is 5.91 Å². The van der Waals surface area contributed by atoms with Gasteiger partial charge in [0.05, 0.1) is 17.6 Å². The van der Waals surface area contributed by atoms with E-state index in [2.05, 4.69) is 15.0 Å². The fourth-order valence-corrected chi connectivity index (χ4v) is 3.03. The number of aromatic nitrogens is 4. The van der Waals surface area contributed by atoms with Crippen LogP contribution in [0.1, 0.15) is 37.2 Å². The van der Waals surface area contributed by atoms with Crippen molar-refractivity contribution in [3.8, 4) is 11.4 Å². The predicted octanol–water partition coefficient (Wildman–Crippen LogP) is 1.91. The molecule has 0 aromatic carbocycles. The van der Waals surface area contributed by atoms with Crippen LogP contribution in [-0.2, 0) is 11.8 Å². The topological polar surface area (TPSA) is 63.9 Å². The second-order valence-electron chi connectivity index (χ2n) is 5.82. The molecule has 1 aliphatic heterocycles. The molecular formula is C16H21N5O. The molecule has 2 aromatic heterocycles. The number of hydrogen-bond acceptors (Lipinski definition) is 4. The molecule has 116 valence electrons. The summed E-state index contributed by atoms with van der Waals surface area (Å²) in [4.78, 5) is 26.9. The normalized spacial score (nSPS) is 16.0. The highest BCUT2D eigenvalue weighted by molar-refractivity contribution is 5.73. The van der Waals surface area contributed by atoms with E-state index >= 15 is 0 Å². The van der Waals surface area contributed by atoms with Crippen LogP contribution in [0.4, 0.5) is 0 Å². The quantitative estimate of drug-likeness (QED) is 0.850. The van der Waals surface area contributed by atoms with Gasteiger partial charge in [0.2, 0.25) is 5.91 Å². The molecule has 2 aromatic rings. The number of carbonyl (C=O) groups is 1. The van der Waals surface area contributed by atoms with Crippen LogP contribution in [0.15, 0.2) is 18.6 Å². The summed E-state index contributed by atoms with van der Waals surface area (Å²) in [5, 5.41) is 0. The molecule has 6 nitrogen and oxygen atoms in total. The van der Waals surface area contributed by atoms with E-state index in [1.165, 1.54) is 0 Å². The van der Waals surface area contributed by atoms with Crippen molar-refractivity contribution in [1.82, 2.24) is 24.4 Å². The Morgan fingerprint density at radius 2 is 1.86 bits per heavy atom. The minimum absolute atomic E-state index is 0.153. The third-order valence-electron chi connectivity index (χ3n) is 4.52. The molecule has 1 fully saturated rings. The highest BCUT2D eigenvalue weighted by Gasteiger charge is 2.26. The maximum absolute atomic E-state index is 11.5. The van der Waals surface area contributed by atoms with Gasteiger partial charge in [-0.2, -0.15) is 0 Å². The van der Waals surface area contributed by atoms with Gasteiger partial charge in [-0.3, -0.25) is 14.8 Å². The van der Waals surface area contributed by atoms with Gasteiger partial charge in [0.1, 0.15) is 11.5 Å². The lowest BCUT2D eigenvalue weighted by Gasteiger charge is -2.31. The Hall–Kier alpha value is -2.24. The summed E-state index contributed by atoms with van der Waals surface area (Å²) in [6.07, 6.45) is 7.20. The zero-order chi connectivity index (χ0) is 15.7. The van der Waals surface area contributed by atoms with Crippen molar-refractivity contribution < 1.29 is 4.79 Å². The average Bonchev–Trinajstić information content (AvgIpc) is 2.87. The summed E-state index contributed by atoms with van der Waals surface area (Å²) in [5.74, 6) is 1.45. The summed E-state index contributed by atoms with van der Waals surface area (Å²) >= 11 is 0. The van der Waals surface area contributed by atoms with Gasteiger partial charge in [-0.1, -0.05) is 0 Å². The highest BCUT2D eigenvalue weighted by Crippen LogP contribution is 2.32. The maximum Gasteiger partial charge on any atom is 0.219 e. The van der Waals surface area contributed by atoms with Crippen LogP contribution in [0.2, 0.25) is 0 Å². The number of likely N-dealkylation sites (tertiary alicyclic amines) is 1. The Labute approximate surface area is 130 Å². The molecule has 1 amide bonds. The van der Waals surface area contributed by atoms with Crippen LogP contribution in [0.5, 0.6) is 0 Å². The van der Waals surface area contributed by atoms with Gasteiger partial charge < -0.3 is 9.47 Å². The van der Waals surface area contributed by atoms with E-state index in [0.29, 0.717) is 5.92 Å². The lowest BCUT2D eigenvalue weighted by molar-refractivity contribution is -0.129. The summed E-state index contributed by atoms with van der Waals surface area (Å²) < 4.78 is 2.04. The van der Waals surface area contributed by atoms with Crippen molar-refractivity contribution in [1.29, 1.82) is 0 Å². The largest absolute Gasteiger partial charge is 0.343 e. The van der Waals surface area contributed by atoms with Gasteiger partial charge in [0, 0.05) is 45.4 Å². The molecule has 0 spiro atoms.